The first-order chi connectivity index (χ1) is 9.19. The Morgan fingerprint density at radius 3 is 2.68 bits per heavy atom. The van der Waals surface area contributed by atoms with Crippen molar-refractivity contribution >= 4 is 5.69 Å². The smallest absolute Gasteiger partial charge is 0.125 e. The molecule has 19 heavy (non-hydrogen) atoms. The molecule has 2 aromatic rings. The van der Waals surface area contributed by atoms with Crippen LogP contribution >= 0.6 is 0 Å². The van der Waals surface area contributed by atoms with Gasteiger partial charge in [-0.2, -0.15) is 0 Å². The van der Waals surface area contributed by atoms with E-state index >= 15 is 0 Å². The summed E-state index contributed by atoms with van der Waals surface area (Å²) in [4.78, 5) is 0. The van der Waals surface area contributed by atoms with Gasteiger partial charge in [-0.25, -0.2) is 4.39 Å². The maximum Gasteiger partial charge on any atom is 0.125 e. The Morgan fingerprint density at radius 1 is 1.11 bits per heavy atom. The summed E-state index contributed by atoms with van der Waals surface area (Å²) in [6.07, 6.45) is 0. The lowest BCUT2D eigenvalue weighted by Gasteiger charge is -2.09. The van der Waals surface area contributed by atoms with Crippen molar-refractivity contribution in [3.8, 4) is 5.75 Å². The minimum atomic E-state index is -0.344. The second kappa shape index (κ2) is 6.20. The molecule has 0 saturated carbocycles. The minimum Gasteiger partial charge on any atom is -0.489 e. The standard InChI is InChI=1S/C15H16FNO2/c1-18-9-11-3-2-4-14(7-11)19-10-12-5-6-13(16)8-15(12)17/h2-8H,9-10,17H2,1H3. The van der Waals surface area contributed by atoms with Gasteiger partial charge in [0, 0.05) is 18.4 Å². The first-order valence-electron chi connectivity index (χ1n) is 5.93. The van der Waals surface area contributed by atoms with Crippen LogP contribution in [0.1, 0.15) is 11.1 Å². The number of nitrogens with two attached hydrogens (primary N) is 1. The number of hydrogen-bond donors (Lipinski definition) is 1. The van der Waals surface area contributed by atoms with Crippen LogP contribution in [0.5, 0.6) is 5.75 Å². The summed E-state index contributed by atoms with van der Waals surface area (Å²) < 4.78 is 23.6. The van der Waals surface area contributed by atoms with Crippen molar-refractivity contribution in [1.82, 2.24) is 0 Å². The molecule has 0 aromatic heterocycles. The molecule has 0 aliphatic carbocycles. The molecule has 0 atom stereocenters. The minimum absolute atomic E-state index is 0.308. The van der Waals surface area contributed by atoms with Crippen LogP contribution in [0.15, 0.2) is 42.5 Å². The lowest BCUT2D eigenvalue weighted by Crippen LogP contribution is -2.01. The van der Waals surface area contributed by atoms with E-state index in [-0.39, 0.29) is 5.82 Å². The highest BCUT2D eigenvalue weighted by Crippen LogP contribution is 2.19. The van der Waals surface area contributed by atoms with Gasteiger partial charge in [0.2, 0.25) is 0 Å². The van der Waals surface area contributed by atoms with E-state index in [1.54, 1.807) is 13.2 Å². The molecule has 0 spiro atoms. The predicted molar refractivity (Wildman–Crippen MR) is 72.3 cm³/mol. The van der Waals surface area contributed by atoms with E-state index in [4.69, 9.17) is 15.2 Å². The molecule has 0 amide bonds. The van der Waals surface area contributed by atoms with Gasteiger partial charge in [0.05, 0.1) is 6.61 Å². The number of ether oxygens (including phenoxy) is 2. The average Bonchev–Trinajstić information content (AvgIpc) is 2.38. The maximum atomic E-state index is 12.9. The summed E-state index contributed by atoms with van der Waals surface area (Å²) in [5.74, 6) is 0.390. The van der Waals surface area contributed by atoms with E-state index in [1.807, 2.05) is 24.3 Å². The van der Waals surface area contributed by atoms with Crippen molar-refractivity contribution in [1.29, 1.82) is 0 Å². The number of benzene rings is 2. The fourth-order valence-corrected chi connectivity index (χ4v) is 1.75. The van der Waals surface area contributed by atoms with Gasteiger partial charge < -0.3 is 15.2 Å². The Morgan fingerprint density at radius 2 is 1.95 bits per heavy atom. The van der Waals surface area contributed by atoms with Crippen LogP contribution < -0.4 is 10.5 Å². The predicted octanol–water partition coefficient (Wildman–Crippen LogP) is 3.13. The Balaban J connectivity index is 2.03. The van der Waals surface area contributed by atoms with E-state index in [9.17, 15) is 4.39 Å². The lowest BCUT2D eigenvalue weighted by molar-refractivity contribution is 0.184. The van der Waals surface area contributed by atoms with Crippen molar-refractivity contribution in [3.63, 3.8) is 0 Å². The molecule has 4 heteroatoms. The van der Waals surface area contributed by atoms with Gasteiger partial charge in [-0.3, -0.25) is 0 Å². The monoisotopic (exact) mass is 261 g/mol. The van der Waals surface area contributed by atoms with Crippen molar-refractivity contribution in [2.75, 3.05) is 12.8 Å². The summed E-state index contributed by atoms with van der Waals surface area (Å²) in [5.41, 5.74) is 7.92. The van der Waals surface area contributed by atoms with Crippen LogP contribution in [-0.2, 0) is 18.0 Å². The first kappa shape index (κ1) is 13.4. The normalized spacial score (nSPS) is 10.4. The van der Waals surface area contributed by atoms with Crippen LogP contribution in [0.25, 0.3) is 0 Å². The molecule has 0 fully saturated rings. The molecule has 0 unspecified atom stereocenters. The molecule has 3 nitrogen and oxygen atoms in total. The SMILES string of the molecule is COCc1cccc(OCc2ccc(F)cc2N)c1. The van der Waals surface area contributed by atoms with Gasteiger partial charge in [0.25, 0.3) is 0 Å². The molecular weight excluding hydrogens is 245 g/mol. The van der Waals surface area contributed by atoms with Crippen molar-refractivity contribution in [3.05, 3.63) is 59.4 Å². The summed E-state index contributed by atoms with van der Waals surface area (Å²) in [7, 11) is 1.65. The second-order valence-corrected chi connectivity index (χ2v) is 4.21. The van der Waals surface area contributed by atoms with E-state index < -0.39 is 0 Å². The van der Waals surface area contributed by atoms with Crippen LogP contribution in [-0.4, -0.2) is 7.11 Å². The molecule has 0 bridgehead atoms. The quantitative estimate of drug-likeness (QED) is 0.841. The topological polar surface area (TPSA) is 44.5 Å². The molecule has 0 heterocycles. The average molecular weight is 261 g/mol. The lowest BCUT2D eigenvalue weighted by atomic mass is 10.2. The zero-order valence-corrected chi connectivity index (χ0v) is 10.7. The van der Waals surface area contributed by atoms with Gasteiger partial charge in [0.15, 0.2) is 0 Å². The third kappa shape index (κ3) is 3.69. The highest BCUT2D eigenvalue weighted by molar-refractivity contribution is 5.46. The molecule has 0 radical (unpaired) electrons. The highest BCUT2D eigenvalue weighted by Gasteiger charge is 2.03. The Hall–Kier alpha value is -2.07. The zero-order valence-electron chi connectivity index (χ0n) is 10.7. The van der Waals surface area contributed by atoms with Crippen LogP contribution in [0.2, 0.25) is 0 Å². The molecule has 2 rings (SSSR count). The molecule has 100 valence electrons. The Kier molecular flexibility index (Phi) is 4.36. The van der Waals surface area contributed by atoms with Crippen LogP contribution in [0.4, 0.5) is 10.1 Å². The highest BCUT2D eigenvalue weighted by atomic mass is 19.1. The van der Waals surface area contributed by atoms with Crippen molar-refractivity contribution < 1.29 is 13.9 Å². The molecule has 2 aromatic carbocycles. The van der Waals surface area contributed by atoms with E-state index in [1.165, 1.54) is 12.1 Å². The fourth-order valence-electron chi connectivity index (χ4n) is 1.75. The zero-order chi connectivity index (χ0) is 13.7. The van der Waals surface area contributed by atoms with Gasteiger partial charge in [-0.05, 0) is 29.8 Å². The Bertz CT molecular complexity index is 558. The largest absolute Gasteiger partial charge is 0.489 e. The van der Waals surface area contributed by atoms with Gasteiger partial charge in [0.1, 0.15) is 18.2 Å². The van der Waals surface area contributed by atoms with Gasteiger partial charge in [-0.1, -0.05) is 18.2 Å². The first-order valence-corrected chi connectivity index (χ1v) is 5.93. The number of rotatable bonds is 5. The summed E-state index contributed by atoms with van der Waals surface area (Å²) in [6.45, 7) is 0.846. The fraction of sp³-hybridized carbons (Fsp3) is 0.200. The molecule has 0 aliphatic rings. The molecule has 2 N–H and O–H groups in total. The number of anilines is 1. The number of methoxy groups -OCH3 is 1. The Labute approximate surface area is 111 Å². The summed E-state index contributed by atoms with van der Waals surface area (Å²) >= 11 is 0. The van der Waals surface area contributed by atoms with Crippen molar-refractivity contribution in [2.24, 2.45) is 0 Å². The summed E-state index contributed by atoms with van der Waals surface area (Å²) in [6, 6.07) is 11.9. The van der Waals surface area contributed by atoms with E-state index in [2.05, 4.69) is 0 Å². The third-order valence-corrected chi connectivity index (χ3v) is 2.71. The van der Waals surface area contributed by atoms with E-state index in [0.717, 1.165) is 16.9 Å². The van der Waals surface area contributed by atoms with Gasteiger partial charge >= 0.3 is 0 Å². The third-order valence-electron chi connectivity index (χ3n) is 2.71. The molecule has 0 saturated heterocycles. The van der Waals surface area contributed by atoms with E-state index in [0.29, 0.717) is 18.9 Å². The molecular formula is C15H16FNO2. The second-order valence-electron chi connectivity index (χ2n) is 4.21. The summed E-state index contributed by atoms with van der Waals surface area (Å²) in [5, 5.41) is 0. The van der Waals surface area contributed by atoms with Gasteiger partial charge in [-0.15, -0.1) is 0 Å². The van der Waals surface area contributed by atoms with Crippen molar-refractivity contribution in [2.45, 2.75) is 13.2 Å². The van der Waals surface area contributed by atoms with Crippen LogP contribution in [0.3, 0.4) is 0 Å². The number of hydrogen-bond acceptors (Lipinski definition) is 3. The number of halogens is 1. The van der Waals surface area contributed by atoms with Crippen LogP contribution in [0, 0.1) is 5.82 Å². The maximum absolute atomic E-state index is 12.9. The number of nitrogen functional groups attached to an aromatic ring is 1. The molecule has 0 aliphatic heterocycles.